The average molecular weight is 288 g/mol. The second-order valence-corrected chi connectivity index (χ2v) is 6.85. The van der Waals surface area contributed by atoms with E-state index < -0.39 is 0 Å². The second kappa shape index (κ2) is 7.42. The molecule has 1 aromatic rings. The second-order valence-electron chi connectivity index (χ2n) is 6.85. The first kappa shape index (κ1) is 16.5. The molecule has 21 heavy (non-hydrogen) atoms. The minimum atomic E-state index is 0.473. The highest BCUT2D eigenvalue weighted by Crippen LogP contribution is 2.39. The molecule has 1 N–H and O–H groups in total. The van der Waals surface area contributed by atoms with Crippen LogP contribution in [0.25, 0.3) is 0 Å². The van der Waals surface area contributed by atoms with Crippen molar-refractivity contribution >= 4 is 0 Å². The Morgan fingerprint density at radius 3 is 2.43 bits per heavy atom. The number of nitrogens with zero attached hydrogens (tertiary/aromatic N) is 1. The first-order chi connectivity index (χ1) is 10.1. The number of likely N-dealkylation sites (N-methyl/N-ethyl adjacent to an activating group) is 2. The lowest BCUT2D eigenvalue weighted by atomic mass is 9.77. The predicted molar refractivity (Wildman–Crippen MR) is 91.8 cm³/mol. The van der Waals surface area contributed by atoms with E-state index in [0.29, 0.717) is 18.0 Å². The van der Waals surface area contributed by atoms with E-state index in [1.54, 1.807) is 5.56 Å². The lowest BCUT2D eigenvalue weighted by Crippen LogP contribution is -2.49. The number of hydrogen-bond acceptors (Lipinski definition) is 2. The van der Waals surface area contributed by atoms with E-state index in [0.717, 1.165) is 19.0 Å². The molecular weight excluding hydrogens is 256 g/mol. The van der Waals surface area contributed by atoms with Crippen molar-refractivity contribution in [1.82, 2.24) is 10.2 Å². The van der Waals surface area contributed by atoms with Crippen LogP contribution in [0.1, 0.15) is 64.1 Å². The van der Waals surface area contributed by atoms with Crippen LogP contribution in [-0.2, 0) is 0 Å². The van der Waals surface area contributed by atoms with Gasteiger partial charge in [-0.25, -0.2) is 0 Å². The van der Waals surface area contributed by atoms with Crippen LogP contribution >= 0.6 is 0 Å². The zero-order valence-electron chi connectivity index (χ0n) is 14.4. The number of rotatable bonds is 6. The van der Waals surface area contributed by atoms with Crippen molar-refractivity contribution in [3.8, 4) is 0 Å². The predicted octanol–water partition coefficient (Wildman–Crippen LogP) is 4.19. The minimum absolute atomic E-state index is 0.473. The van der Waals surface area contributed by atoms with Crippen LogP contribution in [0.5, 0.6) is 0 Å². The van der Waals surface area contributed by atoms with Gasteiger partial charge in [-0.3, -0.25) is 4.90 Å². The Bertz CT molecular complexity index is 441. The lowest BCUT2D eigenvalue weighted by molar-refractivity contribution is 0.125. The molecule has 0 bridgehead atoms. The summed E-state index contributed by atoms with van der Waals surface area (Å²) in [4.78, 5) is 2.68. The molecule has 1 aliphatic carbocycles. The Hall–Kier alpha value is -0.860. The van der Waals surface area contributed by atoms with E-state index in [1.807, 2.05) is 0 Å². The molecule has 2 nitrogen and oxygen atoms in total. The summed E-state index contributed by atoms with van der Waals surface area (Å²) in [6.07, 6.45) is 1.26. The largest absolute Gasteiger partial charge is 0.309 e. The molecule has 0 aromatic heterocycles. The van der Waals surface area contributed by atoms with Crippen LogP contribution in [-0.4, -0.2) is 30.6 Å². The molecule has 0 saturated carbocycles. The molecule has 0 aliphatic heterocycles. The number of fused-ring (bicyclic) bond motifs is 1. The highest BCUT2D eigenvalue weighted by molar-refractivity contribution is 5.36. The van der Waals surface area contributed by atoms with Crippen molar-refractivity contribution < 1.29 is 0 Å². The molecular formula is C19H32N2. The van der Waals surface area contributed by atoms with Crippen LogP contribution in [0.15, 0.2) is 24.3 Å². The van der Waals surface area contributed by atoms with Gasteiger partial charge in [-0.15, -0.1) is 0 Å². The van der Waals surface area contributed by atoms with Crippen LogP contribution in [0.2, 0.25) is 0 Å². The summed E-state index contributed by atoms with van der Waals surface area (Å²) in [5.41, 5.74) is 3.06. The molecule has 0 heterocycles. The number of hydrogen-bond donors (Lipinski definition) is 1. The zero-order chi connectivity index (χ0) is 15.4. The van der Waals surface area contributed by atoms with Gasteiger partial charge in [-0.1, -0.05) is 58.9 Å². The van der Waals surface area contributed by atoms with Crippen LogP contribution in [0.3, 0.4) is 0 Å². The molecule has 2 rings (SSSR count). The third-order valence-electron chi connectivity index (χ3n) is 4.74. The molecule has 0 fully saturated rings. The monoisotopic (exact) mass is 288 g/mol. The van der Waals surface area contributed by atoms with Gasteiger partial charge in [-0.2, -0.15) is 0 Å². The Balaban J connectivity index is 2.32. The van der Waals surface area contributed by atoms with Gasteiger partial charge in [0.05, 0.1) is 0 Å². The Morgan fingerprint density at radius 1 is 1.19 bits per heavy atom. The summed E-state index contributed by atoms with van der Waals surface area (Å²) in [6, 6.07) is 10.1. The van der Waals surface area contributed by atoms with Gasteiger partial charge in [0.2, 0.25) is 0 Å². The van der Waals surface area contributed by atoms with Crippen LogP contribution < -0.4 is 5.32 Å². The first-order valence-electron chi connectivity index (χ1n) is 8.64. The van der Waals surface area contributed by atoms with Gasteiger partial charge in [0.1, 0.15) is 0 Å². The molecule has 0 amide bonds. The Morgan fingerprint density at radius 2 is 1.86 bits per heavy atom. The van der Waals surface area contributed by atoms with Gasteiger partial charge in [0.15, 0.2) is 0 Å². The van der Waals surface area contributed by atoms with Crippen molar-refractivity contribution in [2.75, 3.05) is 19.6 Å². The highest BCUT2D eigenvalue weighted by atomic mass is 15.2. The van der Waals surface area contributed by atoms with Crippen molar-refractivity contribution in [2.45, 2.75) is 59.0 Å². The normalized spacial score (nSPS) is 25.4. The van der Waals surface area contributed by atoms with Gasteiger partial charge in [0, 0.05) is 18.6 Å². The van der Waals surface area contributed by atoms with Crippen molar-refractivity contribution in [3.05, 3.63) is 35.4 Å². The van der Waals surface area contributed by atoms with E-state index in [1.165, 1.54) is 18.5 Å². The van der Waals surface area contributed by atoms with Crippen molar-refractivity contribution in [1.29, 1.82) is 0 Å². The molecule has 118 valence electrons. The SMILES string of the molecule is CCNC1c2ccccc2C(C)CC1N(CC)CC(C)C. The topological polar surface area (TPSA) is 15.3 Å². The van der Waals surface area contributed by atoms with Gasteiger partial charge < -0.3 is 5.32 Å². The van der Waals surface area contributed by atoms with E-state index in [9.17, 15) is 0 Å². The lowest BCUT2D eigenvalue weighted by Gasteiger charge is -2.44. The number of benzene rings is 1. The maximum absolute atomic E-state index is 3.76. The summed E-state index contributed by atoms with van der Waals surface area (Å²) < 4.78 is 0. The van der Waals surface area contributed by atoms with E-state index in [-0.39, 0.29) is 0 Å². The smallest absolute Gasteiger partial charge is 0.0481 e. The van der Waals surface area contributed by atoms with E-state index >= 15 is 0 Å². The Kier molecular flexibility index (Phi) is 5.83. The molecule has 0 radical (unpaired) electrons. The maximum Gasteiger partial charge on any atom is 0.0481 e. The van der Waals surface area contributed by atoms with Gasteiger partial charge in [0.25, 0.3) is 0 Å². The summed E-state index contributed by atoms with van der Waals surface area (Å²) in [5, 5.41) is 3.76. The quantitative estimate of drug-likeness (QED) is 0.844. The molecule has 3 unspecified atom stereocenters. The number of nitrogens with one attached hydrogen (secondary N) is 1. The molecule has 0 spiro atoms. The maximum atomic E-state index is 3.76. The third kappa shape index (κ3) is 3.67. The van der Waals surface area contributed by atoms with Crippen LogP contribution in [0, 0.1) is 5.92 Å². The highest BCUT2D eigenvalue weighted by Gasteiger charge is 2.35. The van der Waals surface area contributed by atoms with Gasteiger partial charge >= 0.3 is 0 Å². The fraction of sp³-hybridized carbons (Fsp3) is 0.684. The third-order valence-corrected chi connectivity index (χ3v) is 4.74. The van der Waals surface area contributed by atoms with E-state index in [2.05, 4.69) is 69.1 Å². The summed E-state index contributed by atoms with van der Waals surface area (Å²) in [5.74, 6) is 1.38. The zero-order valence-corrected chi connectivity index (χ0v) is 14.4. The van der Waals surface area contributed by atoms with Crippen LogP contribution in [0.4, 0.5) is 0 Å². The van der Waals surface area contributed by atoms with E-state index in [4.69, 9.17) is 0 Å². The summed E-state index contributed by atoms with van der Waals surface area (Å²) >= 11 is 0. The molecule has 2 heteroatoms. The summed E-state index contributed by atoms with van der Waals surface area (Å²) in [6.45, 7) is 14.9. The van der Waals surface area contributed by atoms with Gasteiger partial charge in [-0.05, 0) is 42.5 Å². The molecule has 1 aliphatic rings. The fourth-order valence-electron chi connectivity index (χ4n) is 3.87. The average Bonchev–Trinajstić information content (AvgIpc) is 2.47. The molecule has 1 aromatic carbocycles. The fourth-order valence-corrected chi connectivity index (χ4v) is 3.87. The minimum Gasteiger partial charge on any atom is -0.309 e. The molecule has 0 saturated heterocycles. The Labute approximate surface area is 130 Å². The standard InChI is InChI=1S/C19H32N2/c1-6-20-19-17-11-9-8-10-16(17)15(5)12-18(19)21(7-2)13-14(3)4/h8-11,14-15,18-20H,6-7,12-13H2,1-5H3. The summed E-state index contributed by atoms with van der Waals surface area (Å²) in [7, 11) is 0. The molecule has 3 atom stereocenters. The first-order valence-corrected chi connectivity index (χ1v) is 8.64. The van der Waals surface area contributed by atoms with Crippen molar-refractivity contribution in [2.24, 2.45) is 5.92 Å². The van der Waals surface area contributed by atoms with Crippen molar-refractivity contribution in [3.63, 3.8) is 0 Å².